The molecule has 0 aliphatic heterocycles. The Balaban J connectivity index is 1.89. The van der Waals surface area contributed by atoms with Gasteiger partial charge in [-0.1, -0.05) is 11.6 Å². The van der Waals surface area contributed by atoms with Crippen molar-refractivity contribution in [2.75, 3.05) is 5.32 Å². The Morgan fingerprint density at radius 2 is 2.17 bits per heavy atom. The predicted molar refractivity (Wildman–Crippen MR) is 84.0 cm³/mol. The lowest BCUT2D eigenvalue weighted by Gasteiger charge is -2.07. The maximum atomic E-state index is 6.23. The standard InChI is InChI=1S/C12H8BrClN2S2/c13-10-4-1-7(18-10)5-15-11-8(14)2-3-9-12(11)16-6-17-9/h1-4,6,15H,5H2. The van der Waals surface area contributed by atoms with E-state index in [4.69, 9.17) is 11.6 Å². The van der Waals surface area contributed by atoms with Crippen LogP contribution >= 0.6 is 50.2 Å². The fourth-order valence-corrected chi connectivity index (χ4v) is 4.02. The minimum Gasteiger partial charge on any atom is -0.377 e. The molecule has 0 saturated heterocycles. The predicted octanol–water partition coefficient (Wildman–Crippen LogP) is 5.39. The zero-order chi connectivity index (χ0) is 12.5. The molecular formula is C12H8BrClN2S2. The Bertz CT molecular complexity index is 692. The van der Waals surface area contributed by atoms with Crippen LogP contribution in [0.15, 0.2) is 33.6 Å². The van der Waals surface area contributed by atoms with Gasteiger partial charge in [0.25, 0.3) is 0 Å². The lowest BCUT2D eigenvalue weighted by atomic mass is 10.3. The average molecular weight is 360 g/mol. The van der Waals surface area contributed by atoms with Crippen LogP contribution in [-0.4, -0.2) is 4.98 Å². The fraction of sp³-hybridized carbons (Fsp3) is 0.0833. The molecule has 1 aromatic carbocycles. The van der Waals surface area contributed by atoms with Crippen molar-refractivity contribution >= 4 is 66.1 Å². The number of anilines is 1. The highest BCUT2D eigenvalue weighted by Crippen LogP contribution is 2.33. The van der Waals surface area contributed by atoms with Gasteiger partial charge in [0, 0.05) is 11.4 Å². The van der Waals surface area contributed by atoms with Crippen LogP contribution < -0.4 is 5.32 Å². The number of nitrogens with one attached hydrogen (secondary N) is 1. The summed E-state index contributed by atoms with van der Waals surface area (Å²) in [5.74, 6) is 0. The Morgan fingerprint density at radius 3 is 2.94 bits per heavy atom. The van der Waals surface area contributed by atoms with E-state index in [9.17, 15) is 0 Å². The normalized spacial score (nSPS) is 11.0. The molecule has 1 N–H and O–H groups in total. The largest absolute Gasteiger partial charge is 0.377 e. The van der Waals surface area contributed by atoms with Crippen LogP contribution in [0.5, 0.6) is 0 Å². The van der Waals surface area contributed by atoms with Crippen molar-refractivity contribution in [1.82, 2.24) is 4.98 Å². The molecule has 2 heterocycles. The van der Waals surface area contributed by atoms with Gasteiger partial charge in [0.15, 0.2) is 0 Å². The highest BCUT2D eigenvalue weighted by molar-refractivity contribution is 9.11. The molecule has 0 aliphatic carbocycles. The second-order valence-electron chi connectivity index (χ2n) is 3.68. The molecule has 0 spiro atoms. The van der Waals surface area contributed by atoms with Gasteiger partial charge in [-0.2, -0.15) is 0 Å². The molecule has 92 valence electrons. The number of aromatic nitrogens is 1. The SMILES string of the molecule is Clc1ccc2scnc2c1NCc1ccc(Br)s1. The number of hydrogen-bond donors (Lipinski definition) is 1. The molecular weight excluding hydrogens is 352 g/mol. The molecule has 0 aliphatic rings. The third-order valence-electron chi connectivity index (χ3n) is 2.52. The Kier molecular flexibility index (Phi) is 3.56. The van der Waals surface area contributed by atoms with E-state index in [1.807, 2.05) is 23.7 Å². The first-order valence-electron chi connectivity index (χ1n) is 5.24. The molecule has 2 aromatic heterocycles. The summed E-state index contributed by atoms with van der Waals surface area (Å²) in [7, 11) is 0. The molecule has 0 fully saturated rings. The van der Waals surface area contributed by atoms with Gasteiger partial charge < -0.3 is 5.32 Å². The summed E-state index contributed by atoms with van der Waals surface area (Å²) in [4.78, 5) is 5.62. The summed E-state index contributed by atoms with van der Waals surface area (Å²) in [5, 5.41) is 4.09. The van der Waals surface area contributed by atoms with Crippen molar-refractivity contribution in [2.24, 2.45) is 0 Å². The van der Waals surface area contributed by atoms with Crippen LogP contribution in [0.1, 0.15) is 4.88 Å². The second-order valence-corrected chi connectivity index (χ2v) is 7.52. The molecule has 0 saturated carbocycles. The van der Waals surface area contributed by atoms with Crippen molar-refractivity contribution in [1.29, 1.82) is 0 Å². The van der Waals surface area contributed by atoms with E-state index in [1.54, 1.807) is 22.7 Å². The Labute approximate surface area is 126 Å². The summed E-state index contributed by atoms with van der Waals surface area (Å²) in [6, 6.07) is 8.06. The number of hydrogen-bond acceptors (Lipinski definition) is 4. The lowest BCUT2D eigenvalue weighted by Crippen LogP contribution is -1.98. The van der Waals surface area contributed by atoms with Crippen molar-refractivity contribution < 1.29 is 0 Å². The van der Waals surface area contributed by atoms with E-state index >= 15 is 0 Å². The Morgan fingerprint density at radius 1 is 1.28 bits per heavy atom. The van der Waals surface area contributed by atoms with E-state index in [0.717, 1.165) is 26.2 Å². The molecule has 6 heteroatoms. The molecule has 3 aromatic rings. The van der Waals surface area contributed by atoms with E-state index in [2.05, 4.69) is 32.3 Å². The lowest BCUT2D eigenvalue weighted by molar-refractivity contribution is 1.20. The van der Waals surface area contributed by atoms with Crippen LogP contribution in [0.3, 0.4) is 0 Å². The molecule has 3 rings (SSSR count). The minimum atomic E-state index is 0.712. The van der Waals surface area contributed by atoms with Crippen LogP contribution in [0.4, 0.5) is 5.69 Å². The summed E-state index contributed by atoms with van der Waals surface area (Å²) >= 11 is 13.0. The molecule has 2 nitrogen and oxygen atoms in total. The van der Waals surface area contributed by atoms with Crippen LogP contribution in [0.25, 0.3) is 10.2 Å². The van der Waals surface area contributed by atoms with Crippen LogP contribution in [-0.2, 0) is 6.54 Å². The highest BCUT2D eigenvalue weighted by atomic mass is 79.9. The van der Waals surface area contributed by atoms with E-state index < -0.39 is 0 Å². The molecule has 0 unspecified atom stereocenters. The van der Waals surface area contributed by atoms with Crippen molar-refractivity contribution in [3.63, 3.8) is 0 Å². The van der Waals surface area contributed by atoms with Crippen LogP contribution in [0, 0.1) is 0 Å². The van der Waals surface area contributed by atoms with Crippen molar-refractivity contribution in [3.05, 3.63) is 43.5 Å². The molecule has 0 radical (unpaired) electrons. The maximum Gasteiger partial charge on any atom is 0.106 e. The van der Waals surface area contributed by atoms with E-state index in [0.29, 0.717) is 5.02 Å². The molecule has 0 bridgehead atoms. The maximum absolute atomic E-state index is 6.23. The summed E-state index contributed by atoms with van der Waals surface area (Å²) in [6.45, 7) is 0.757. The van der Waals surface area contributed by atoms with E-state index in [1.165, 1.54) is 4.88 Å². The summed E-state index contributed by atoms with van der Waals surface area (Å²) < 4.78 is 2.28. The first-order valence-corrected chi connectivity index (χ1v) is 8.10. The van der Waals surface area contributed by atoms with Gasteiger partial charge in [-0.05, 0) is 40.2 Å². The average Bonchev–Trinajstić information content (AvgIpc) is 2.96. The van der Waals surface area contributed by atoms with Crippen molar-refractivity contribution in [2.45, 2.75) is 6.54 Å². The number of fused-ring (bicyclic) bond motifs is 1. The quantitative estimate of drug-likeness (QED) is 0.678. The van der Waals surface area contributed by atoms with Gasteiger partial charge in [-0.3, -0.25) is 0 Å². The van der Waals surface area contributed by atoms with Gasteiger partial charge in [0.05, 0.1) is 24.7 Å². The first-order chi connectivity index (χ1) is 8.74. The van der Waals surface area contributed by atoms with Crippen molar-refractivity contribution in [3.8, 4) is 0 Å². The smallest absolute Gasteiger partial charge is 0.106 e. The zero-order valence-corrected chi connectivity index (χ0v) is 13.1. The number of thiophene rings is 1. The van der Waals surface area contributed by atoms with Gasteiger partial charge in [0.2, 0.25) is 0 Å². The number of halogens is 2. The molecule has 18 heavy (non-hydrogen) atoms. The van der Waals surface area contributed by atoms with E-state index in [-0.39, 0.29) is 0 Å². The summed E-state index contributed by atoms with van der Waals surface area (Å²) in [6.07, 6.45) is 0. The van der Waals surface area contributed by atoms with Gasteiger partial charge in [-0.25, -0.2) is 4.98 Å². The second kappa shape index (κ2) is 5.17. The third kappa shape index (κ3) is 2.40. The highest BCUT2D eigenvalue weighted by Gasteiger charge is 2.08. The zero-order valence-electron chi connectivity index (χ0n) is 9.11. The Hall–Kier alpha value is -0.620. The molecule has 0 atom stereocenters. The monoisotopic (exact) mass is 358 g/mol. The van der Waals surface area contributed by atoms with Crippen LogP contribution in [0.2, 0.25) is 5.02 Å². The van der Waals surface area contributed by atoms with Gasteiger partial charge >= 0.3 is 0 Å². The fourth-order valence-electron chi connectivity index (χ4n) is 1.70. The minimum absolute atomic E-state index is 0.712. The number of thiazole rings is 1. The first kappa shape index (κ1) is 12.4. The number of rotatable bonds is 3. The third-order valence-corrected chi connectivity index (χ3v) is 5.25. The molecule has 0 amide bonds. The van der Waals surface area contributed by atoms with Gasteiger partial charge in [-0.15, -0.1) is 22.7 Å². The van der Waals surface area contributed by atoms with Gasteiger partial charge in [0.1, 0.15) is 5.52 Å². The summed E-state index contributed by atoms with van der Waals surface area (Å²) in [5.41, 5.74) is 3.71. The number of nitrogens with zero attached hydrogens (tertiary/aromatic N) is 1. The number of benzene rings is 1. The topological polar surface area (TPSA) is 24.9 Å².